The number of hydrogen-bond acceptors (Lipinski definition) is 3. The van der Waals surface area contributed by atoms with Crippen LogP contribution in [0.15, 0.2) is 78.2 Å². The van der Waals surface area contributed by atoms with Gasteiger partial charge in [-0.25, -0.2) is 8.42 Å². The van der Waals surface area contributed by atoms with Crippen LogP contribution in [0.5, 0.6) is 0 Å². The maximum Gasteiger partial charge on any atom is 0.206 e. The van der Waals surface area contributed by atoms with E-state index >= 15 is 0 Å². The minimum absolute atomic E-state index is 0.147. The van der Waals surface area contributed by atoms with Crippen molar-refractivity contribution in [2.45, 2.75) is 11.8 Å². The van der Waals surface area contributed by atoms with Gasteiger partial charge in [0.25, 0.3) is 0 Å². The molecule has 0 aliphatic heterocycles. The summed E-state index contributed by atoms with van der Waals surface area (Å²) in [6.45, 7) is 5.87. The van der Waals surface area contributed by atoms with Crippen LogP contribution < -0.4 is 0 Å². The van der Waals surface area contributed by atoms with Crippen LogP contribution in [0.4, 0.5) is 0 Å². The standard InChI is InChI=1S/C21H16O2S2/c1-14-10-12-16(13-11-14)25(22,23)15(2)17-7-5-8-19-18-6-3-4-9-20(18)24-21(17)19/h3-13H,2H2,1H3. The Morgan fingerprint density at radius 3 is 2.32 bits per heavy atom. The second kappa shape index (κ2) is 5.83. The molecular formula is C21H16O2S2. The molecule has 0 saturated carbocycles. The van der Waals surface area contributed by atoms with E-state index in [9.17, 15) is 8.42 Å². The minimum atomic E-state index is -3.63. The van der Waals surface area contributed by atoms with Gasteiger partial charge in [-0.05, 0) is 25.1 Å². The lowest BCUT2D eigenvalue weighted by molar-refractivity contribution is 0.606. The molecule has 0 spiro atoms. The summed E-state index contributed by atoms with van der Waals surface area (Å²) in [6.07, 6.45) is 0. The van der Waals surface area contributed by atoms with E-state index in [1.54, 1.807) is 35.6 Å². The highest BCUT2D eigenvalue weighted by Gasteiger charge is 2.22. The predicted molar refractivity (Wildman–Crippen MR) is 107 cm³/mol. The van der Waals surface area contributed by atoms with E-state index in [-0.39, 0.29) is 9.80 Å². The lowest BCUT2D eigenvalue weighted by Gasteiger charge is -2.09. The van der Waals surface area contributed by atoms with Crippen LogP contribution in [0.2, 0.25) is 0 Å². The molecule has 124 valence electrons. The molecule has 4 heteroatoms. The Morgan fingerprint density at radius 1 is 0.880 bits per heavy atom. The average molecular weight is 364 g/mol. The van der Waals surface area contributed by atoms with Crippen LogP contribution >= 0.6 is 11.3 Å². The summed E-state index contributed by atoms with van der Waals surface area (Å²) < 4.78 is 28.1. The fourth-order valence-electron chi connectivity index (χ4n) is 2.97. The molecule has 2 nitrogen and oxygen atoms in total. The monoisotopic (exact) mass is 364 g/mol. The van der Waals surface area contributed by atoms with Crippen molar-refractivity contribution in [1.29, 1.82) is 0 Å². The number of aryl methyl sites for hydroxylation is 1. The summed E-state index contributed by atoms with van der Waals surface area (Å²) in [6, 6.07) is 20.8. The van der Waals surface area contributed by atoms with Crippen molar-refractivity contribution in [3.05, 3.63) is 84.4 Å². The normalized spacial score (nSPS) is 11.9. The van der Waals surface area contributed by atoms with Crippen LogP contribution in [0.25, 0.3) is 25.1 Å². The fraction of sp³-hybridized carbons (Fsp3) is 0.0476. The molecule has 0 N–H and O–H groups in total. The number of fused-ring (bicyclic) bond motifs is 3. The largest absolute Gasteiger partial charge is 0.219 e. The molecule has 0 radical (unpaired) electrons. The van der Waals surface area contributed by atoms with Gasteiger partial charge in [-0.1, -0.05) is 60.7 Å². The smallest absolute Gasteiger partial charge is 0.206 e. The van der Waals surface area contributed by atoms with Gasteiger partial charge < -0.3 is 0 Å². The van der Waals surface area contributed by atoms with E-state index in [4.69, 9.17) is 0 Å². The van der Waals surface area contributed by atoms with Crippen molar-refractivity contribution < 1.29 is 8.42 Å². The minimum Gasteiger partial charge on any atom is -0.219 e. The lowest BCUT2D eigenvalue weighted by atomic mass is 10.1. The second-order valence-electron chi connectivity index (χ2n) is 6.02. The van der Waals surface area contributed by atoms with E-state index in [2.05, 4.69) is 18.7 Å². The van der Waals surface area contributed by atoms with Gasteiger partial charge in [0.1, 0.15) is 0 Å². The predicted octanol–water partition coefficient (Wildman–Crippen LogP) is 5.81. The molecule has 0 fully saturated rings. The van der Waals surface area contributed by atoms with Crippen molar-refractivity contribution >= 4 is 46.3 Å². The van der Waals surface area contributed by atoms with Gasteiger partial charge >= 0.3 is 0 Å². The van der Waals surface area contributed by atoms with Crippen LogP contribution in [0.3, 0.4) is 0 Å². The van der Waals surface area contributed by atoms with E-state index in [1.165, 1.54) is 0 Å². The summed E-state index contributed by atoms with van der Waals surface area (Å²) in [5, 5.41) is 2.21. The number of hydrogen-bond donors (Lipinski definition) is 0. The molecule has 0 aliphatic carbocycles. The lowest BCUT2D eigenvalue weighted by Crippen LogP contribution is -2.03. The zero-order valence-corrected chi connectivity index (χ0v) is 15.3. The summed E-state index contributed by atoms with van der Waals surface area (Å²) >= 11 is 1.61. The highest BCUT2D eigenvalue weighted by Crippen LogP contribution is 2.39. The van der Waals surface area contributed by atoms with Crippen LogP contribution in [0, 0.1) is 6.92 Å². The topological polar surface area (TPSA) is 34.1 Å². The highest BCUT2D eigenvalue weighted by molar-refractivity contribution is 8.00. The van der Waals surface area contributed by atoms with Gasteiger partial charge in [0, 0.05) is 25.7 Å². The van der Waals surface area contributed by atoms with Crippen LogP contribution in [0.1, 0.15) is 11.1 Å². The molecule has 0 aliphatic rings. The molecule has 0 saturated heterocycles. The Bertz CT molecular complexity index is 1210. The molecule has 0 atom stereocenters. The number of sulfone groups is 1. The zero-order chi connectivity index (χ0) is 17.6. The maximum absolute atomic E-state index is 13.0. The molecule has 4 aromatic rings. The first-order valence-electron chi connectivity index (χ1n) is 7.90. The summed E-state index contributed by atoms with van der Waals surface area (Å²) in [5.41, 5.74) is 1.70. The van der Waals surface area contributed by atoms with Gasteiger partial charge in [-0.3, -0.25) is 0 Å². The second-order valence-corrected chi connectivity index (χ2v) is 9.04. The van der Waals surface area contributed by atoms with Gasteiger partial charge in [0.05, 0.1) is 9.80 Å². The molecule has 1 aromatic heterocycles. The third kappa shape index (κ3) is 2.58. The average Bonchev–Trinajstić information content (AvgIpc) is 3.00. The number of rotatable bonds is 3. The maximum atomic E-state index is 13.0. The van der Waals surface area contributed by atoms with Gasteiger partial charge in [-0.2, -0.15) is 0 Å². The Morgan fingerprint density at radius 2 is 1.56 bits per heavy atom. The summed E-state index contributed by atoms with van der Waals surface area (Å²) in [5.74, 6) is 0. The van der Waals surface area contributed by atoms with Gasteiger partial charge in [0.15, 0.2) is 0 Å². The molecule has 3 aromatic carbocycles. The Balaban J connectivity index is 1.92. The summed E-state index contributed by atoms with van der Waals surface area (Å²) in [4.78, 5) is 0.426. The Labute approximate surface area is 151 Å². The van der Waals surface area contributed by atoms with E-state index in [0.717, 1.165) is 25.7 Å². The quantitative estimate of drug-likeness (QED) is 0.460. The van der Waals surface area contributed by atoms with E-state index < -0.39 is 9.84 Å². The number of thiophene rings is 1. The van der Waals surface area contributed by atoms with Crippen molar-refractivity contribution in [1.82, 2.24) is 0 Å². The van der Waals surface area contributed by atoms with Crippen molar-refractivity contribution in [2.24, 2.45) is 0 Å². The van der Waals surface area contributed by atoms with Gasteiger partial charge in [0.2, 0.25) is 9.84 Å². The molecule has 1 heterocycles. The first kappa shape index (κ1) is 16.1. The molecule has 25 heavy (non-hydrogen) atoms. The van der Waals surface area contributed by atoms with Crippen molar-refractivity contribution in [3.63, 3.8) is 0 Å². The Hall–Kier alpha value is -2.43. The third-order valence-corrected chi connectivity index (χ3v) is 7.34. The van der Waals surface area contributed by atoms with Crippen molar-refractivity contribution in [2.75, 3.05) is 0 Å². The third-order valence-electron chi connectivity index (χ3n) is 4.36. The SMILES string of the molecule is C=C(c1cccc2c1sc1ccccc12)S(=O)(=O)c1ccc(C)cc1. The molecule has 0 unspecified atom stereocenters. The van der Waals surface area contributed by atoms with Crippen LogP contribution in [-0.2, 0) is 9.84 Å². The molecule has 0 amide bonds. The fourth-order valence-corrected chi connectivity index (χ4v) is 5.52. The number of benzene rings is 3. The molecule has 4 rings (SSSR count). The first-order chi connectivity index (χ1) is 12.0. The molecule has 0 bridgehead atoms. The van der Waals surface area contributed by atoms with Crippen LogP contribution in [-0.4, -0.2) is 8.42 Å². The Kier molecular flexibility index (Phi) is 3.74. The van der Waals surface area contributed by atoms with E-state index in [1.807, 2.05) is 37.3 Å². The highest BCUT2D eigenvalue weighted by atomic mass is 32.2. The first-order valence-corrected chi connectivity index (χ1v) is 10.2. The summed E-state index contributed by atoms with van der Waals surface area (Å²) in [7, 11) is -3.63. The zero-order valence-electron chi connectivity index (χ0n) is 13.7. The van der Waals surface area contributed by atoms with Crippen molar-refractivity contribution in [3.8, 4) is 0 Å². The van der Waals surface area contributed by atoms with Gasteiger partial charge in [-0.15, -0.1) is 11.3 Å². The van der Waals surface area contributed by atoms with E-state index in [0.29, 0.717) is 5.56 Å². The molecular weight excluding hydrogens is 348 g/mol.